The molecule has 2 aromatic carbocycles. The maximum Gasteiger partial charge on any atom is 0.365 e. The lowest BCUT2D eigenvalue weighted by Crippen LogP contribution is -1.93. The molecule has 4 aromatic rings. The molecule has 0 unspecified atom stereocenters. The summed E-state index contributed by atoms with van der Waals surface area (Å²) in [5, 5.41) is 9.12. The molecule has 0 aliphatic carbocycles. The Morgan fingerprint density at radius 3 is 2.29 bits per heavy atom. The van der Waals surface area contributed by atoms with Gasteiger partial charge in [0.05, 0.1) is 15.9 Å². The highest BCUT2D eigenvalue weighted by Crippen LogP contribution is 2.27. The number of rotatable bonds is 3. The van der Waals surface area contributed by atoms with Crippen molar-refractivity contribution in [3.63, 3.8) is 0 Å². The molecule has 0 saturated heterocycles. The second-order valence-corrected chi connectivity index (χ2v) is 6.34. The molecule has 0 atom stereocenters. The van der Waals surface area contributed by atoms with Crippen LogP contribution >= 0.6 is 11.3 Å². The minimum atomic E-state index is -1.01. The van der Waals surface area contributed by atoms with Crippen molar-refractivity contribution in [1.29, 1.82) is 0 Å². The Balaban J connectivity index is 1.70. The van der Waals surface area contributed by atoms with Crippen LogP contribution < -0.4 is 0 Å². The number of aromatic nitrogens is 2. The summed E-state index contributed by atoms with van der Waals surface area (Å²) in [6.07, 6.45) is 1.68. The van der Waals surface area contributed by atoms with E-state index in [0.717, 1.165) is 38.4 Å². The molecule has 0 aliphatic rings. The van der Waals surface area contributed by atoms with Gasteiger partial charge in [0.15, 0.2) is 0 Å². The van der Waals surface area contributed by atoms with Crippen molar-refractivity contribution >= 4 is 27.5 Å². The Morgan fingerprint density at radius 1 is 0.917 bits per heavy atom. The molecule has 4 rings (SSSR count). The number of fused-ring (bicyclic) bond motifs is 1. The van der Waals surface area contributed by atoms with Gasteiger partial charge in [-0.3, -0.25) is 4.98 Å². The third-order valence-electron chi connectivity index (χ3n) is 3.75. The van der Waals surface area contributed by atoms with Crippen LogP contribution in [0, 0.1) is 0 Å². The summed E-state index contributed by atoms with van der Waals surface area (Å²) in [7, 11) is 0. The number of carbonyl (C=O) groups is 1. The van der Waals surface area contributed by atoms with Crippen molar-refractivity contribution in [2.75, 3.05) is 0 Å². The first-order valence-electron chi connectivity index (χ1n) is 7.36. The number of thiazole rings is 1. The molecular weight excluding hydrogens is 320 g/mol. The fourth-order valence-electron chi connectivity index (χ4n) is 2.55. The number of benzene rings is 2. The minimum absolute atomic E-state index is 0.0865. The number of carboxylic acids is 1. The average Bonchev–Trinajstić information content (AvgIpc) is 3.06. The lowest BCUT2D eigenvalue weighted by molar-refractivity contribution is 0.0696. The average molecular weight is 332 g/mol. The Bertz CT molecular complexity index is 1020. The molecule has 116 valence electrons. The molecule has 1 N–H and O–H groups in total. The molecule has 0 bridgehead atoms. The third kappa shape index (κ3) is 2.66. The standard InChI is InChI=1S/C19H12N2O2S/c22-19(23)18-21-16-10-15(20-11-17(16)24-18)14-8-6-13(7-9-14)12-4-2-1-3-5-12/h1-11H,(H,22,23). The summed E-state index contributed by atoms with van der Waals surface area (Å²) >= 11 is 1.14. The minimum Gasteiger partial charge on any atom is -0.476 e. The SMILES string of the molecule is O=C(O)c1nc2cc(-c3ccc(-c4ccccc4)cc3)ncc2s1. The van der Waals surface area contributed by atoms with Crippen LogP contribution in [0.5, 0.6) is 0 Å². The van der Waals surface area contributed by atoms with Crippen LogP contribution in [0.3, 0.4) is 0 Å². The quantitative estimate of drug-likeness (QED) is 0.589. The molecule has 0 radical (unpaired) electrons. The van der Waals surface area contributed by atoms with Gasteiger partial charge >= 0.3 is 5.97 Å². The number of hydrogen-bond acceptors (Lipinski definition) is 4. The topological polar surface area (TPSA) is 63.1 Å². The monoisotopic (exact) mass is 332 g/mol. The van der Waals surface area contributed by atoms with E-state index in [2.05, 4.69) is 34.2 Å². The first-order valence-corrected chi connectivity index (χ1v) is 8.18. The second kappa shape index (κ2) is 5.86. The van der Waals surface area contributed by atoms with E-state index in [1.54, 1.807) is 6.20 Å². The Hall–Kier alpha value is -3.05. The summed E-state index contributed by atoms with van der Waals surface area (Å²) < 4.78 is 0.775. The molecule has 0 saturated carbocycles. The van der Waals surface area contributed by atoms with E-state index in [9.17, 15) is 4.79 Å². The van der Waals surface area contributed by atoms with Gasteiger partial charge in [-0.05, 0) is 17.2 Å². The number of pyridine rings is 1. The van der Waals surface area contributed by atoms with Crippen molar-refractivity contribution < 1.29 is 9.90 Å². The second-order valence-electron chi connectivity index (χ2n) is 5.30. The summed E-state index contributed by atoms with van der Waals surface area (Å²) in [5.41, 5.74) is 4.72. The summed E-state index contributed by atoms with van der Waals surface area (Å²) in [6.45, 7) is 0. The lowest BCUT2D eigenvalue weighted by atomic mass is 10.0. The molecular formula is C19H12N2O2S. The maximum atomic E-state index is 11.0. The molecule has 0 aliphatic heterocycles. The Labute approximate surface area is 142 Å². The van der Waals surface area contributed by atoms with Gasteiger partial charge in [-0.15, -0.1) is 11.3 Å². The molecule has 5 heteroatoms. The normalized spacial score (nSPS) is 10.8. The molecule has 2 heterocycles. The van der Waals surface area contributed by atoms with Crippen LogP contribution in [-0.2, 0) is 0 Å². The molecule has 2 aromatic heterocycles. The van der Waals surface area contributed by atoms with Gasteiger partial charge in [-0.2, -0.15) is 0 Å². The summed E-state index contributed by atoms with van der Waals surface area (Å²) in [4.78, 5) is 19.6. The van der Waals surface area contributed by atoms with Gasteiger partial charge in [-0.25, -0.2) is 9.78 Å². The van der Waals surface area contributed by atoms with Crippen LogP contribution in [-0.4, -0.2) is 21.0 Å². The van der Waals surface area contributed by atoms with Crippen molar-refractivity contribution in [3.05, 3.63) is 71.9 Å². The van der Waals surface area contributed by atoms with Crippen molar-refractivity contribution in [3.8, 4) is 22.4 Å². The molecule has 0 fully saturated rings. The van der Waals surface area contributed by atoms with Gasteiger partial charge < -0.3 is 5.11 Å². The van der Waals surface area contributed by atoms with E-state index >= 15 is 0 Å². The molecule has 24 heavy (non-hydrogen) atoms. The lowest BCUT2D eigenvalue weighted by Gasteiger charge is -2.04. The van der Waals surface area contributed by atoms with E-state index in [4.69, 9.17) is 5.11 Å². The van der Waals surface area contributed by atoms with Gasteiger partial charge in [0, 0.05) is 11.8 Å². The van der Waals surface area contributed by atoms with Crippen LogP contribution in [0.2, 0.25) is 0 Å². The summed E-state index contributed by atoms with van der Waals surface area (Å²) in [5.74, 6) is -1.01. The molecule has 4 nitrogen and oxygen atoms in total. The molecule has 0 amide bonds. The zero-order valence-electron chi connectivity index (χ0n) is 12.5. The fraction of sp³-hybridized carbons (Fsp3) is 0. The van der Waals surface area contributed by atoms with Crippen molar-refractivity contribution in [2.24, 2.45) is 0 Å². The number of nitrogens with zero attached hydrogens (tertiary/aromatic N) is 2. The van der Waals surface area contributed by atoms with E-state index in [1.807, 2.05) is 36.4 Å². The van der Waals surface area contributed by atoms with E-state index in [1.165, 1.54) is 0 Å². The zero-order valence-corrected chi connectivity index (χ0v) is 13.3. The van der Waals surface area contributed by atoms with Gasteiger partial charge in [-0.1, -0.05) is 54.6 Å². The van der Waals surface area contributed by atoms with Crippen molar-refractivity contribution in [1.82, 2.24) is 9.97 Å². The van der Waals surface area contributed by atoms with Crippen LogP contribution in [0.1, 0.15) is 9.80 Å². The predicted molar refractivity (Wildman–Crippen MR) is 95.2 cm³/mol. The fourth-order valence-corrected chi connectivity index (χ4v) is 3.30. The Kier molecular flexibility index (Phi) is 3.55. The highest BCUT2D eigenvalue weighted by molar-refractivity contribution is 7.20. The van der Waals surface area contributed by atoms with Gasteiger partial charge in [0.1, 0.15) is 0 Å². The highest BCUT2D eigenvalue weighted by atomic mass is 32.1. The van der Waals surface area contributed by atoms with Crippen molar-refractivity contribution in [2.45, 2.75) is 0 Å². The van der Waals surface area contributed by atoms with E-state index in [0.29, 0.717) is 5.52 Å². The summed E-state index contributed by atoms with van der Waals surface area (Å²) in [6, 6.07) is 20.1. The van der Waals surface area contributed by atoms with E-state index < -0.39 is 5.97 Å². The first-order chi connectivity index (χ1) is 11.7. The maximum absolute atomic E-state index is 11.0. The molecule has 0 spiro atoms. The van der Waals surface area contributed by atoms with E-state index in [-0.39, 0.29) is 5.01 Å². The zero-order chi connectivity index (χ0) is 16.5. The predicted octanol–water partition coefficient (Wildman–Crippen LogP) is 4.72. The largest absolute Gasteiger partial charge is 0.476 e. The Morgan fingerprint density at radius 2 is 1.58 bits per heavy atom. The number of hydrogen-bond donors (Lipinski definition) is 1. The van der Waals surface area contributed by atoms with Gasteiger partial charge in [0.25, 0.3) is 0 Å². The smallest absolute Gasteiger partial charge is 0.365 e. The van der Waals surface area contributed by atoms with Gasteiger partial charge in [0.2, 0.25) is 5.01 Å². The van der Waals surface area contributed by atoms with Crippen LogP contribution in [0.15, 0.2) is 66.9 Å². The number of carboxylic acid groups (broad SMARTS) is 1. The third-order valence-corrected chi connectivity index (χ3v) is 4.74. The highest BCUT2D eigenvalue weighted by Gasteiger charge is 2.11. The van der Waals surface area contributed by atoms with Crippen LogP contribution in [0.4, 0.5) is 0 Å². The van der Waals surface area contributed by atoms with Crippen LogP contribution in [0.25, 0.3) is 32.6 Å². The first kappa shape index (κ1) is 14.5. The number of aromatic carboxylic acids is 1.